The van der Waals surface area contributed by atoms with Crippen molar-refractivity contribution in [2.75, 3.05) is 14.2 Å². The van der Waals surface area contributed by atoms with Gasteiger partial charge in [-0.05, 0) is 31.4 Å². The van der Waals surface area contributed by atoms with Gasteiger partial charge in [-0.2, -0.15) is 0 Å². The quantitative estimate of drug-likeness (QED) is 0.846. The van der Waals surface area contributed by atoms with Crippen molar-refractivity contribution in [2.24, 2.45) is 5.73 Å². The first-order valence-electron chi connectivity index (χ1n) is 6.80. The summed E-state index contributed by atoms with van der Waals surface area (Å²) in [6.07, 6.45) is 4.63. The van der Waals surface area contributed by atoms with Crippen molar-refractivity contribution in [3.8, 4) is 11.5 Å². The second-order valence-electron chi connectivity index (χ2n) is 5.03. The molecule has 20 heavy (non-hydrogen) atoms. The maximum atomic E-state index is 6.05. The normalized spacial score (nSPS) is 22.3. The number of ether oxygens (including phenoxy) is 3. The minimum Gasteiger partial charge on any atom is -0.497 e. The molecule has 0 amide bonds. The lowest BCUT2D eigenvalue weighted by Gasteiger charge is -2.28. The molecule has 1 aromatic rings. The number of thiocarbonyl (C=S) groups is 1. The fourth-order valence-electron chi connectivity index (χ4n) is 2.52. The van der Waals surface area contributed by atoms with Gasteiger partial charge in [-0.15, -0.1) is 0 Å². The minimum absolute atomic E-state index is 0.167. The summed E-state index contributed by atoms with van der Waals surface area (Å²) in [5.74, 6) is 1.44. The van der Waals surface area contributed by atoms with Gasteiger partial charge in [0.05, 0.1) is 13.2 Å². The molecule has 1 aliphatic rings. The van der Waals surface area contributed by atoms with Crippen LogP contribution in [-0.4, -0.2) is 31.4 Å². The summed E-state index contributed by atoms with van der Waals surface area (Å²) >= 11 is 5.02. The molecule has 2 rings (SSSR count). The molecule has 2 atom stereocenters. The summed E-state index contributed by atoms with van der Waals surface area (Å²) in [4.78, 5) is 0.340. The molecule has 0 radical (unpaired) electrons. The van der Waals surface area contributed by atoms with Gasteiger partial charge >= 0.3 is 0 Å². The Kier molecular flexibility index (Phi) is 5.20. The van der Waals surface area contributed by atoms with Crippen LogP contribution in [0.3, 0.4) is 0 Å². The van der Waals surface area contributed by atoms with Crippen LogP contribution in [0.2, 0.25) is 0 Å². The fraction of sp³-hybridized carbons (Fsp3) is 0.533. The first kappa shape index (κ1) is 15.1. The average Bonchev–Trinajstić information content (AvgIpc) is 2.47. The monoisotopic (exact) mass is 295 g/mol. The van der Waals surface area contributed by atoms with E-state index in [1.807, 2.05) is 18.2 Å². The maximum Gasteiger partial charge on any atom is 0.124 e. The highest BCUT2D eigenvalue weighted by molar-refractivity contribution is 7.80. The van der Waals surface area contributed by atoms with Crippen LogP contribution in [0.25, 0.3) is 0 Å². The summed E-state index contributed by atoms with van der Waals surface area (Å²) < 4.78 is 16.7. The third kappa shape index (κ3) is 3.84. The Morgan fingerprint density at radius 2 is 1.85 bits per heavy atom. The van der Waals surface area contributed by atoms with Crippen LogP contribution in [0, 0.1) is 0 Å². The first-order chi connectivity index (χ1) is 9.62. The zero-order valence-corrected chi connectivity index (χ0v) is 12.7. The number of hydrogen-bond donors (Lipinski definition) is 1. The molecule has 4 nitrogen and oxygen atoms in total. The van der Waals surface area contributed by atoms with Gasteiger partial charge in [0.25, 0.3) is 0 Å². The van der Waals surface area contributed by atoms with Gasteiger partial charge < -0.3 is 19.9 Å². The number of methoxy groups -OCH3 is 2. The Morgan fingerprint density at radius 3 is 2.50 bits per heavy atom. The van der Waals surface area contributed by atoms with Gasteiger partial charge in [0.2, 0.25) is 0 Å². The molecule has 0 spiro atoms. The van der Waals surface area contributed by atoms with E-state index in [1.54, 1.807) is 14.2 Å². The van der Waals surface area contributed by atoms with Crippen molar-refractivity contribution in [1.82, 2.24) is 0 Å². The highest BCUT2D eigenvalue weighted by atomic mass is 32.1. The van der Waals surface area contributed by atoms with Crippen molar-refractivity contribution in [2.45, 2.75) is 37.9 Å². The molecule has 110 valence electrons. The van der Waals surface area contributed by atoms with Crippen LogP contribution < -0.4 is 15.2 Å². The van der Waals surface area contributed by atoms with E-state index in [1.165, 1.54) is 0 Å². The molecule has 0 saturated heterocycles. The van der Waals surface area contributed by atoms with Gasteiger partial charge in [0.15, 0.2) is 0 Å². The number of rotatable bonds is 5. The van der Waals surface area contributed by atoms with Crippen LogP contribution in [0.4, 0.5) is 0 Å². The third-order valence-corrected chi connectivity index (χ3v) is 3.85. The maximum absolute atomic E-state index is 6.05. The van der Waals surface area contributed by atoms with Crippen molar-refractivity contribution in [3.05, 3.63) is 23.8 Å². The molecular formula is C15H21NO3S. The topological polar surface area (TPSA) is 53.7 Å². The lowest BCUT2D eigenvalue weighted by Crippen LogP contribution is -2.29. The van der Waals surface area contributed by atoms with Crippen LogP contribution in [0.15, 0.2) is 18.2 Å². The van der Waals surface area contributed by atoms with E-state index >= 15 is 0 Å². The van der Waals surface area contributed by atoms with Crippen LogP contribution in [0.1, 0.15) is 31.2 Å². The molecule has 1 aromatic carbocycles. The Labute approximate surface area is 125 Å². The molecule has 0 heterocycles. The fourth-order valence-corrected chi connectivity index (χ4v) is 2.63. The van der Waals surface area contributed by atoms with Crippen LogP contribution in [0.5, 0.6) is 11.5 Å². The lowest BCUT2D eigenvalue weighted by molar-refractivity contribution is 0.0209. The second kappa shape index (κ2) is 6.90. The van der Waals surface area contributed by atoms with Gasteiger partial charge in [0, 0.05) is 25.2 Å². The van der Waals surface area contributed by atoms with Gasteiger partial charge in [-0.3, -0.25) is 0 Å². The van der Waals surface area contributed by atoms with Crippen LogP contribution in [-0.2, 0) is 4.74 Å². The molecule has 0 aliphatic heterocycles. The van der Waals surface area contributed by atoms with E-state index in [0.717, 1.165) is 37.0 Å². The van der Waals surface area contributed by atoms with E-state index < -0.39 is 0 Å². The minimum atomic E-state index is 0.167. The standard InChI is InChI=1S/C15H21NO3S/c1-17-11-4-3-5-12(8-11)19-14-7-10(15(16)20)6-13(9-14)18-2/h6-7,9,11-12H,3-5,8H2,1-2H3,(H2,16,20). The second-order valence-corrected chi connectivity index (χ2v) is 5.47. The molecule has 1 aliphatic carbocycles. The molecule has 0 bridgehead atoms. The highest BCUT2D eigenvalue weighted by Gasteiger charge is 2.23. The Hall–Kier alpha value is -1.33. The highest BCUT2D eigenvalue weighted by Crippen LogP contribution is 2.28. The van der Waals surface area contributed by atoms with E-state index in [2.05, 4.69) is 0 Å². The average molecular weight is 295 g/mol. The number of benzene rings is 1. The molecule has 2 unspecified atom stereocenters. The summed E-state index contributed by atoms with van der Waals surface area (Å²) in [6, 6.07) is 5.54. The lowest BCUT2D eigenvalue weighted by atomic mass is 9.95. The SMILES string of the molecule is COc1cc(OC2CCCC(OC)C2)cc(C(N)=S)c1. The molecule has 2 N–H and O–H groups in total. The summed E-state index contributed by atoms with van der Waals surface area (Å²) in [7, 11) is 3.37. The number of nitrogens with two attached hydrogens (primary N) is 1. The van der Waals surface area contributed by atoms with Crippen molar-refractivity contribution < 1.29 is 14.2 Å². The zero-order valence-electron chi connectivity index (χ0n) is 11.9. The molecule has 0 aromatic heterocycles. The molecule has 1 fully saturated rings. The van der Waals surface area contributed by atoms with Crippen LogP contribution >= 0.6 is 12.2 Å². The summed E-state index contributed by atoms with van der Waals surface area (Å²) in [5.41, 5.74) is 6.44. The van der Waals surface area contributed by atoms with Crippen molar-refractivity contribution in [1.29, 1.82) is 0 Å². The van der Waals surface area contributed by atoms with E-state index in [-0.39, 0.29) is 12.2 Å². The molecule has 5 heteroatoms. The molecule has 1 saturated carbocycles. The zero-order chi connectivity index (χ0) is 14.5. The third-order valence-electron chi connectivity index (χ3n) is 3.61. The number of hydrogen-bond acceptors (Lipinski definition) is 4. The first-order valence-corrected chi connectivity index (χ1v) is 7.21. The van der Waals surface area contributed by atoms with Crippen molar-refractivity contribution in [3.63, 3.8) is 0 Å². The van der Waals surface area contributed by atoms with Gasteiger partial charge in [-0.25, -0.2) is 0 Å². The smallest absolute Gasteiger partial charge is 0.124 e. The van der Waals surface area contributed by atoms with E-state index in [0.29, 0.717) is 10.7 Å². The molecular weight excluding hydrogens is 274 g/mol. The Bertz CT molecular complexity index is 478. The predicted octanol–water partition coefficient (Wildman–Crippen LogP) is 2.67. The van der Waals surface area contributed by atoms with Gasteiger partial charge in [0.1, 0.15) is 22.6 Å². The van der Waals surface area contributed by atoms with Gasteiger partial charge in [-0.1, -0.05) is 12.2 Å². The summed E-state index contributed by atoms with van der Waals surface area (Å²) in [6.45, 7) is 0. The Morgan fingerprint density at radius 1 is 1.15 bits per heavy atom. The van der Waals surface area contributed by atoms with E-state index in [4.69, 9.17) is 32.2 Å². The predicted molar refractivity (Wildman–Crippen MR) is 82.6 cm³/mol. The largest absolute Gasteiger partial charge is 0.497 e. The summed E-state index contributed by atoms with van der Waals surface area (Å²) in [5, 5.41) is 0. The van der Waals surface area contributed by atoms with E-state index in [9.17, 15) is 0 Å². The Balaban J connectivity index is 2.11. The van der Waals surface area contributed by atoms with Crippen molar-refractivity contribution >= 4 is 17.2 Å².